The summed E-state index contributed by atoms with van der Waals surface area (Å²) in [5.41, 5.74) is 7.25. The van der Waals surface area contributed by atoms with Gasteiger partial charge in [-0.15, -0.1) is 0 Å². The maximum Gasteiger partial charge on any atom is 0.276 e. The number of aryl methyl sites for hydroxylation is 2. The predicted octanol–water partition coefficient (Wildman–Crippen LogP) is 2.20. The van der Waals surface area contributed by atoms with Gasteiger partial charge in [-0.2, -0.15) is 10.1 Å². The highest BCUT2D eigenvalue weighted by atomic mass is 79.9. The molecular weight excluding hydrogens is 374 g/mol. The number of rotatable bonds is 5. The molecule has 0 saturated carbocycles. The van der Waals surface area contributed by atoms with Gasteiger partial charge in [-0.3, -0.25) is 4.68 Å². The molecule has 0 aliphatic carbocycles. The Kier molecular flexibility index (Phi) is 3.87. The maximum atomic E-state index is 5.59. The molecule has 0 amide bonds. The molecule has 3 heterocycles. The summed E-state index contributed by atoms with van der Waals surface area (Å²) >= 11 is 3.50. The van der Waals surface area contributed by atoms with E-state index in [4.69, 9.17) is 10.3 Å². The summed E-state index contributed by atoms with van der Waals surface area (Å²) < 4.78 is 10.2. The first kappa shape index (κ1) is 15.0. The van der Waals surface area contributed by atoms with E-state index in [1.165, 1.54) is 0 Å². The lowest BCUT2D eigenvalue weighted by atomic mass is 10.2. The minimum absolute atomic E-state index is 0.230. The third-order valence-electron chi connectivity index (χ3n) is 3.68. The molecule has 2 N–H and O–H groups in total. The molecule has 0 unspecified atom stereocenters. The molecule has 0 aliphatic heterocycles. The van der Waals surface area contributed by atoms with Gasteiger partial charge in [0.25, 0.3) is 5.89 Å². The van der Waals surface area contributed by atoms with Gasteiger partial charge in [0.15, 0.2) is 5.82 Å². The van der Waals surface area contributed by atoms with E-state index < -0.39 is 0 Å². The Morgan fingerprint density at radius 1 is 1.25 bits per heavy atom. The zero-order valence-corrected chi connectivity index (χ0v) is 14.2. The number of halogens is 1. The van der Waals surface area contributed by atoms with Crippen LogP contribution >= 0.6 is 15.9 Å². The van der Waals surface area contributed by atoms with Gasteiger partial charge in [0.2, 0.25) is 0 Å². The van der Waals surface area contributed by atoms with Crippen LogP contribution in [0.5, 0.6) is 0 Å². The van der Waals surface area contributed by atoms with Crippen molar-refractivity contribution in [3.05, 3.63) is 47.2 Å². The quantitative estimate of drug-likeness (QED) is 0.563. The molecular formula is C15H14BrN7O. The van der Waals surface area contributed by atoms with Crippen molar-refractivity contribution in [1.82, 2.24) is 29.5 Å². The van der Waals surface area contributed by atoms with Gasteiger partial charge in [0.05, 0.1) is 24.9 Å². The third kappa shape index (κ3) is 2.72. The van der Waals surface area contributed by atoms with Crippen molar-refractivity contribution in [2.75, 3.05) is 0 Å². The summed E-state index contributed by atoms with van der Waals surface area (Å²) in [4.78, 5) is 8.41. The number of nitrogens with zero attached hydrogens (tertiary/aromatic N) is 6. The maximum absolute atomic E-state index is 5.59. The van der Waals surface area contributed by atoms with Crippen molar-refractivity contribution in [2.45, 2.75) is 19.6 Å². The van der Waals surface area contributed by atoms with E-state index in [0.717, 1.165) is 27.6 Å². The second kappa shape index (κ2) is 6.17. The largest absolute Gasteiger partial charge is 0.336 e. The minimum atomic E-state index is 0.230. The highest BCUT2D eigenvalue weighted by Crippen LogP contribution is 2.30. The molecule has 0 fully saturated rings. The topological polar surface area (TPSA) is 101 Å². The highest BCUT2D eigenvalue weighted by Gasteiger charge is 2.19. The summed E-state index contributed by atoms with van der Waals surface area (Å²) in [6.45, 7) is 1.62. The number of hydrogen-bond acceptors (Lipinski definition) is 6. The highest BCUT2D eigenvalue weighted by molar-refractivity contribution is 9.10. The van der Waals surface area contributed by atoms with E-state index >= 15 is 0 Å². The van der Waals surface area contributed by atoms with Gasteiger partial charge in [-0.25, -0.2) is 4.98 Å². The zero-order valence-electron chi connectivity index (χ0n) is 12.6. The van der Waals surface area contributed by atoms with Gasteiger partial charge < -0.3 is 14.8 Å². The number of nitrogens with two attached hydrogens (primary N) is 1. The smallest absolute Gasteiger partial charge is 0.276 e. The summed E-state index contributed by atoms with van der Waals surface area (Å²) in [5.74, 6) is 0.886. The number of aromatic nitrogens is 6. The van der Waals surface area contributed by atoms with E-state index in [2.05, 4.69) is 36.2 Å². The first-order valence-electron chi connectivity index (χ1n) is 7.39. The van der Waals surface area contributed by atoms with E-state index in [9.17, 15) is 0 Å². The Bertz CT molecular complexity index is 973. The Labute approximate surface area is 145 Å². The SMILES string of the molecule is NCc1noc(-c2c3cc(Br)ccc3nn2CCn2ccnc2)n1. The first-order valence-corrected chi connectivity index (χ1v) is 8.19. The molecule has 1 aromatic carbocycles. The molecule has 8 nitrogen and oxygen atoms in total. The molecule has 24 heavy (non-hydrogen) atoms. The third-order valence-corrected chi connectivity index (χ3v) is 4.18. The summed E-state index contributed by atoms with van der Waals surface area (Å²) in [5, 5.41) is 9.51. The molecule has 3 aromatic heterocycles. The zero-order chi connectivity index (χ0) is 16.5. The Balaban J connectivity index is 1.80. The number of fused-ring (bicyclic) bond motifs is 1. The van der Waals surface area contributed by atoms with Crippen molar-refractivity contribution in [3.63, 3.8) is 0 Å². The van der Waals surface area contributed by atoms with Crippen LogP contribution in [0.4, 0.5) is 0 Å². The fourth-order valence-corrected chi connectivity index (χ4v) is 2.91. The monoisotopic (exact) mass is 387 g/mol. The Morgan fingerprint density at radius 2 is 2.17 bits per heavy atom. The van der Waals surface area contributed by atoms with Crippen molar-refractivity contribution < 1.29 is 4.52 Å². The molecule has 0 saturated heterocycles. The van der Waals surface area contributed by atoms with E-state index in [-0.39, 0.29) is 6.54 Å². The first-order chi connectivity index (χ1) is 11.7. The van der Waals surface area contributed by atoms with Crippen molar-refractivity contribution in [1.29, 1.82) is 0 Å². The molecule has 4 rings (SSSR count). The van der Waals surface area contributed by atoms with Crippen LogP contribution < -0.4 is 5.73 Å². The van der Waals surface area contributed by atoms with Crippen LogP contribution in [0.15, 0.2) is 45.9 Å². The van der Waals surface area contributed by atoms with Gasteiger partial charge in [0, 0.05) is 28.8 Å². The second-order valence-electron chi connectivity index (χ2n) is 5.25. The second-order valence-corrected chi connectivity index (χ2v) is 6.17. The van der Waals surface area contributed by atoms with Crippen molar-refractivity contribution in [2.24, 2.45) is 5.73 Å². The fraction of sp³-hybridized carbons (Fsp3) is 0.200. The molecule has 0 aliphatic rings. The summed E-state index contributed by atoms with van der Waals surface area (Å²) in [6.07, 6.45) is 5.44. The molecule has 9 heteroatoms. The van der Waals surface area contributed by atoms with E-state index in [1.807, 2.05) is 33.6 Å². The van der Waals surface area contributed by atoms with Crippen molar-refractivity contribution >= 4 is 26.8 Å². The van der Waals surface area contributed by atoms with Gasteiger partial charge >= 0.3 is 0 Å². The predicted molar refractivity (Wildman–Crippen MR) is 90.8 cm³/mol. The van der Waals surface area contributed by atoms with Gasteiger partial charge in [0.1, 0.15) is 5.69 Å². The number of benzene rings is 1. The lowest BCUT2D eigenvalue weighted by Gasteiger charge is -2.05. The normalized spacial score (nSPS) is 11.4. The van der Waals surface area contributed by atoms with Crippen molar-refractivity contribution in [3.8, 4) is 11.6 Å². The summed E-state index contributed by atoms with van der Waals surface area (Å²) in [6, 6.07) is 5.91. The lowest BCUT2D eigenvalue weighted by molar-refractivity contribution is 0.417. The van der Waals surface area contributed by atoms with Gasteiger partial charge in [-0.05, 0) is 18.2 Å². The number of imidazole rings is 1. The standard InChI is InChI=1S/C15H14BrN7O/c16-10-1-2-12-11(7-10)14(15-19-13(8-17)21-24-15)23(20-12)6-5-22-4-3-18-9-22/h1-4,7,9H,5-6,8,17H2. The van der Waals surface area contributed by atoms with Crippen LogP contribution in [0.25, 0.3) is 22.5 Å². The Hall–Kier alpha value is -2.52. The molecule has 0 bridgehead atoms. The lowest BCUT2D eigenvalue weighted by Crippen LogP contribution is -2.09. The van der Waals surface area contributed by atoms with Crippen LogP contribution in [-0.2, 0) is 19.6 Å². The molecule has 122 valence electrons. The minimum Gasteiger partial charge on any atom is -0.336 e. The van der Waals surface area contributed by atoms with Crippen LogP contribution in [0.2, 0.25) is 0 Å². The average Bonchev–Trinajstić information content (AvgIpc) is 3.31. The van der Waals surface area contributed by atoms with Crippen LogP contribution in [0.3, 0.4) is 0 Å². The number of hydrogen-bond donors (Lipinski definition) is 1. The molecule has 0 atom stereocenters. The molecule has 0 radical (unpaired) electrons. The van der Waals surface area contributed by atoms with Gasteiger partial charge in [-0.1, -0.05) is 21.1 Å². The van der Waals surface area contributed by atoms with Crippen LogP contribution in [0.1, 0.15) is 5.82 Å². The van der Waals surface area contributed by atoms with Crippen LogP contribution in [0, 0.1) is 0 Å². The molecule has 0 spiro atoms. The molecule has 4 aromatic rings. The van der Waals surface area contributed by atoms with E-state index in [0.29, 0.717) is 18.3 Å². The summed E-state index contributed by atoms with van der Waals surface area (Å²) in [7, 11) is 0. The fourth-order valence-electron chi connectivity index (χ4n) is 2.55. The average molecular weight is 388 g/mol. The Morgan fingerprint density at radius 3 is 2.92 bits per heavy atom. The van der Waals surface area contributed by atoms with Crippen LogP contribution in [-0.4, -0.2) is 29.5 Å². The van der Waals surface area contributed by atoms with E-state index in [1.54, 1.807) is 12.5 Å².